The first kappa shape index (κ1) is 20.2. The fourth-order valence-corrected chi connectivity index (χ4v) is 3.89. The van der Waals surface area contributed by atoms with Crippen LogP contribution in [0.4, 0.5) is 5.82 Å². The third kappa shape index (κ3) is 4.55. The van der Waals surface area contributed by atoms with Crippen LogP contribution in [0.15, 0.2) is 69.1 Å². The van der Waals surface area contributed by atoms with E-state index >= 15 is 0 Å². The summed E-state index contributed by atoms with van der Waals surface area (Å²) < 4.78 is 6.52. The molecule has 9 heteroatoms. The van der Waals surface area contributed by atoms with E-state index in [9.17, 15) is 9.59 Å². The molecule has 152 valence electrons. The molecule has 0 radical (unpaired) electrons. The van der Waals surface area contributed by atoms with Crippen LogP contribution in [0, 0.1) is 6.92 Å². The van der Waals surface area contributed by atoms with E-state index in [1.54, 1.807) is 35.8 Å². The van der Waals surface area contributed by atoms with Gasteiger partial charge in [0.1, 0.15) is 5.76 Å². The van der Waals surface area contributed by atoms with Crippen LogP contribution in [0.5, 0.6) is 0 Å². The van der Waals surface area contributed by atoms with Crippen molar-refractivity contribution in [3.05, 3.63) is 81.3 Å². The molecule has 1 amide bonds. The Hall–Kier alpha value is -3.10. The molecule has 0 atom stereocenters. The van der Waals surface area contributed by atoms with E-state index < -0.39 is 0 Å². The van der Waals surface area contributed by atoms with E-state index in [4.69, 9.17) is 16.1 Å². The van der Waals surface area contributed by atoms with Crippen molar-refractivity contribution in [1.82, 2.24) is 14.7 Å². The van der Waals surface area contributed by atoms with Crippen LogP contribution in [0.2, 0.25) is 5.02 Å². The molecule has 0 aliphatic carbocycles. The lowest BCUT2D eigenvalue weighted by atomic mass is 10.2. The Morgan fingerprint density at radius 1 is 1.20 bits per heavy atom. The summed E-state index contributed by atoms with van der Waals surface area (Å²) in [6, 6.07) is 16.2. The number of hydrogen-bond donors (Lipinski definition) is 1. The zero-order valence-electron chi connectivity index (χ0n) is 16.0. The summed E-state index contributed by atoms with van der Waals surface area (Å²) in [5, 5.41) is 7.81. The molecule has 2 aromatic carbocycles. The minimum absolute atomic E-state index is 0.0548. The van der Waals surface area contributed by atoms with Crippen molar-refractivity contribution in [3.8, 4) is 0 Å². The van der Waals surface area contributed by atoms with Crippen LogP contribution in [0.1, 0.15) is 11.3 Å². The molecule has 0 aliphatic rings. The minimum Gasteiger partial charge on any atom is -0.360 e. The Labute approximate surface area is 181 Å². The molecule has 0 saturated carbocycles. The predicted molar refractivity (Wildman–Crippen MR) is 117 cm³/mol. The summed E-state index contributed by atoms with van der Waals surface area (Å²) in [5.41, 5.74) is 1.27. The number of nitrogens with one attached hydrogen (secondary N) is 1. The van der Waals surface area contributed by atoms with E-state index in [0.717, 1.165) is 5.56 Å². The molecule has 0 aliphatic heterocycles. The van der Waals surface area contributed by atoms with Crippen molar-refractivity contribution >= 4 is 46.0 Å². The number of halogens is 1. The van der Waals surface area contributed by atoms with Crippen molar-refractivity contribution in [1.29, 1.82) is 0 Å². The number of nitrogens with zero attached hydrogens (tertiary/aromatic N) is 3. The fourth-order valence-electron chi connectivity index (χ4n) is 2.92. The fraction of sp³-hybridized carbons (Fsp3) is 0.143. The van der Waals surface area contributed by atoms with E-state index in [-0.39, 0.29) is 17.2 Å². The van der Waals surface area contributed by atoms with Crippen LogP contribution >= 0.6 is 23.4 Å². The number of amides is 1. The molecule has 0 fully saturated rings. The van der Waals surface area contributed by atoms with Gasteiger partial charge in [0.25, 0.3) is 5.56 Å². The largest absolute Gasteiger partial charge is 0.360 e. The SMILES string of the molecule is Cc1cc(NC(=O)CSc2nc3cc(Cl)ccc3c(=O)n2Cc2ccccc2)no1. The number of aromatic nitrogens is 3. The molecule has 0 spiro atoms. The lowest BCUT2D eigenvalue weighted by Crippen LogP contribution is -2.25. The maximum atomic E-state index is 13.1. The summed E-state index contributed by atoms with van der Waals surface area (Å²) in [4.78, 5) is 30.1. The monoisotopic (exact) mass is 440 g/mol. The highest BCUT2D eigenvalue weighted by molar-refractivity contribution is 7.99. The minimum atomic E-state index is -0.278. The van der Waals surface area contributed by atoms with Gasteiger partial charge in [-0.1, -0.05) is 58.9 Å². The van der Waals surface area contributed by atoms with Crippen LogP contribution < -0.4 is 10.9 Å². The van der Waals surface area contributed by atoms with Crippen molar-refractivity contribution in [2.75, 3.05) is 11.1 Å². The van der Waals surface area contributed by atoms with E-state index in [1.807, 2.05) is 30.3 Å². The van der Waals surface area contributed by atoms with Crippen LogP contribution in [0.25, 0.3) is 10.9 Å². The number of anilines is 1. The smallest absolute Gasteiger partial charge is 0.262 e. The van der Waals surface area contributed by atoms with Gasteiger partial charge in [-0.3, -0.25) is 14.2 Å². The second kappa shape index (κ2) is 8.73. The van der Waals surface area contributed by atoms with Crippen molar-refractivity contribution in [2.45, 2.75) is 18.6 Å². The highest BCUT2D eigenvalue weighted by Crippen LogP contribution is 2.21. The molecule has 2 aromatic heterocycles. The standard InChI is InChI=1S/C21H17ClN4O3S/c1-13-9-18(25-29-13)24-19(27)12-30-21-23-17-10-15(22)7-8-16(17)20(28)26(21)11-14-5-3-2-4-6-14/h2-10H,11-12H2,1H3,(H,24,25,27). The van der Waals surface area contributed by atoms with Gasteiger partial charge < -0.3 is 9.84 Å². The third-order valence-electron chi connectivity index (χ3n) is 4.29. The van der Waals surface area contributed by atoms with Gasteiger partial charge in [0.15, 0.2) is 11.0 Å². The highest BCUT2D eigenvalue weighted by atomic mass is 35.5. The Kier molecular flexibility index (Phi) is 5.87. The van der Waals surface area contributed by atoms with Crippen LogP contribution in [-0.2, 0) is 11.3 Å². The van der Waals surface area contributed by atoms with Gasteiger partial charge in [-0.25, -0.2) is 4.98 Å². The molecule has 4 rings (SSSR count). The molecule has 0 saturated heterocycles. The number of benzene rings is 2. The zero-order chi connectivity index (χ0) is 21.1. The molecular weight excluding hydrogens is 424 g/mol. The maximum Gasteiger partial charge on any atom is 0.262 e. The Morgan fingerprint density at radius 2 is 2.00 bits per heavy atom. The number of carbonyl (C=O) groups is 1. The van der Waals surface area contributed by atoms with Crippen LogP contribution in [0.3, 0.4) is 0 Å². The molecule has 1 N–H and O–H groups in total. The number of hydrogen-bond acceptors (Lipinski definition) is 6. The summed E-state index contributed by atoms with van der Waals surface area (Å²) in [6.45, 7) is 2.08. The number of fused-ring (bicyclic) bond motifs is 1. The van der Waals surface area contributed by atoms with Gasteiger partial charge in [-0.2, -0.15) is 0 Å². The first-order valence-electron chi connectivity index (χ1n) is 9.09. The normalized spacial score (nSPS) is 11.0. The summed E-state index contributed by atoms with van der Waals surface area (Å²) >= 11 is 7.25. The van der Waals surface area contributed by atoms with E-state index in [0.29, 0.717) is 39.2 Å². The van der Waals surface area contributed by atoms with Gasteiger partial charge >= 0.3 is 0 Å². The van der Waals surface area contributed by atoms with E-state index in [2.05, 4.69) is 15.5 Å². The molecule has 4 aromatic rings. The van der Waals surface area contributed by atoms with Gasteiger partial charge in [-0.05, 0) is 30.7 Å². The Balaban J connectivity index is 1.64. The quantitative estimate of drug-likeness (QED) is 0.358. The summed E-state index contributed by atoms with van der Waals surface area (Å²) in [7, 11) is 0. The van der Waals surface area contributed by atoms with Gasteiger partial charge in [0, 0.05) is 11.1 Å². The van der Waals surface area contributed by atoms with Crippen molar-refractivity contribution < 1.29 is 9.32 Å². The average molecular weight is 441 g/mol. The number of aryl methyl sites for hydroxylation is 1. The number of carbonyl (C=O) groups excluding carboxylic acids is 1. The Bertz CT molecular complexity index is 1270. The number of thioether (sulfide) groups is 1. The lowest BCUT2D eigenvalue weighted by molar-refractivity contribution is -0.113. The predicted octanol–water partition coefficient (Wildman–Crippen LogP) is 4.13. The average Bonchev–Trinajstić information content (AvgIpc) is 3.14. The Morgan fingerprint density at radius 3 is 2.73 bits per heavy atom. The van der Waals surface area contributed by atoms with Gasteiger partial charge in [0.05, 0.1) is 23.2 Å². The molecular formula is C21H17ClN4O3S. The second-order valence-corrected chi connectivity index (χ2v) is 7.97. The molecule has 2 heterocycles. The lowest BCUT2D eigenvalue weighted by Gasteiger charge is -2.13. The van der Waals surface area contributed by atoms with E-state index in [1.165, 1.54) is 11.8 Å². The van der Waals surface area contributed by atoms with Gasteiger partial charge in [-0.15, -0.1) is 0 Å². The summed E-state index contributed by atoms with van der Waals surface area (Å²) in [6.07, 6.45) is 0. The maximum absolute atomic E-state index is 13.1. The zero-order valence-corrected chi connectivity index (χ0v) is 17.5. The second-order valence-electron chi connectivity index (χ2n) is 6.59. The molecule has 30 heavy (non-hydrogen) atoms. The van der Waals surface area contributed by atoms with Crippen molar-refractivity contribution in [3.63, 3.8) is 0 Å². The molecule has 0 unspecified atom stereocenters. The molecule has 7 nitrogen and oxygen atoms in total. The van der Waals surface area contributed by atoms with Crippen molar-refractivity contribution in [2.24, 2.45) is 0 Å². The first-order valence-corrected chi connectivity index (χ1v) is 10.5. The highest BCUT2D eigenvalue weighted by Gasteiger charge is 2.15. The topological polar surface area (TPSA) is 90.0 Å². The third-order valence-corrected chi connectivity index (χ3v) is 5.51. The number of rotatable bonds is 6. The van der Waals surface area contributed by atoms with Crippen LogP contribution in [-0.4, -0.2) is 26.4 Å². The first-order chi connectivity index (χ1) is 14.5. The van der Waals surface area contributed by atoms with Gasteiger partial charge in [0.2, 0.25) is 5.91 Å². The molecule has 0 bridgehead atoms. The summed E-state index contributed by atoms with van der Waals surface area (Å²) in [5.74, 6) is 0.722.